The van der Waals surface area contributed by atoms with Crippen LogP contribution in [-0.2, 0) is 14.8 Å². The zero-order chi connectivity index (χ0) is 20.9. The fourth-order valence-corrected chi connectivity index (χ4v) is 4.15. The van der Waals surface area contributed by atoms with Crippen LogP contribution in [0.3, 0.4) is 0 Å². The molecule has 0 aliphatic carbocycles. The molecule has 0 unspecified atom stereocenters. The molecule has 2 aromatic rings. The molecule has 1 N–H and O–H groups in total. The van der Waals surface area contributed by atoms with Gasteiger partial charge in [0, 0.05) is 0 Å². The average molecular weight is 408 g/mol. The number of methoxy groups -OCH3 is 1. The van der Waals surface area contributed by atoms with Gasteiger partial charge >= 0.3 is 0 Å². The molecule has 0 saturated heterocycles. The number of benzene rings is 2. The Morgan fingerprint density at radius 1 is 1.14 bits per heavy atom. The van der Waals surface area contributed by atoms with Gasteiger partial charge in [0.15, 0.2) is 0 Å². The van der Waals surface area contributed by atoms with Crippen LogP contribution in [0.15, 0.2) is 48.5 Å². The summed E-state index contributed by atoms with van der Waals surface area (Å²) in [7, 11) is -2.20. The largest absolute Gasteiger partial charge is 0.497 e. The molecule has 0 spiro atoms. The second-order valence-electron chi connectivity index (χ2n) is 6.46. The van der Waals surface area contributed by atoms with E-state index in [1.54, 1.807) is 50.2 Å². The summed E-state index contributed by atoms with van der Waals surface area (Å²) < 4.78 is 44.2. The first-order valence-electron chi connectivity index (χ1n) is 8.86. The zero-order valence-electron chi connectivity index (χ0n) is 16.3. The molecule has 0 heterocycles. The molecule has 0 aromatic heterocycles. The lowest BCUT2D eigenvalue weighted by Crippen LogP contribution is -2.49. The lowest BCUT2D eigenvalue weighted by atomic mass is 10.1. The summed E-state index contributed by atoms with van der Waals surface area (Å²) in [6.07, 6.45) is 1.34. The number of rotatable bonds is 8. The normalized spacial score (nSPS) is 13.5. The van der Waals surface area contributed by atoms with Crippen LogP contribution in [0.1, 0.15) is 31.9 Å². The van der Waals surface area contributed by atoms with Crippen molar-refractivity contribution < 1.29 is 22.3 Å². The van der Waals surface area contributed by atoms with E-state index in [2.05, 4.69) is 5.32 Å². The lowest BCUT2D eigenvalue weighted by Gasteiger charge is -2.31. The molecule has 1 amide bonds. The molecule has 0 aliphatic heterocycles. The van der Waals surface area contributed by atoms with Crippen molar-refractivity contribution in [2.75, 3.05) is 17.7 Å². The maximum absolute atomic E-state index is 13.1. The second-order valence-corrected chi connectivity index (χ2v) is 8.32. The first-order valence-corrected chi connectivity index (χ1v) is 10.7. The van der Waals surface area contributed by atoms with Gasteiger partial charge in [-0.05, 0) is 55.3 Å². The number of ether oxygens (including phenoxy) is 1. The summed E-state index contributed by atoms with van der Waals surface area (Å²) in [4.78, 5) is 12.9. The molecule has 0 saturated carbocycles. The van der Waals surface area contributed by atoms with E-state index in [1.807, 2.05) is 0 Å². The van der Waals surface area contributed by atoms with Crippen molar-refractivity contribution in [1.82, 2.24) is 5.32 Å². The van der Waals surface area contributed by atoms with E-state index in [1.165, 1.54) is 19.2 Å². The highest BCUT2D eigenvalue weighted by molar-refractivity contribution is 7.92. The number of carbonyl (C=O) groups is 1. The lowest BCUT2D eigenvalue weighted by molar-refractivity contribution is -0.122. The van der Waals surface area contributed by atoms with Gasteiger partial charge in [0.05, 0.1) is 25.1 Å². The molecular weight excluding hydrogens is 383 g/mol. The Labute approximate surface area is 165 Å². The molecule has 0 radical (unpaired) electrons. The van der Waals surface area contributed by atoms with E-state index in [0.29, 0.717) is 11.4 Å². The number of halogens is 1. The molecular formula is C20H25FN2O4S. The quantitative estimate of drug-likeness (QED) is 0.728. The highest BCUT2D eigenvalue weighted by atomic mass is 32.2. The predicted octanol–water partition coefficient (Wildman–Crippen LogP) is 3.26. The number of anilines is 1. The molecule has 2 aromatic carbocycles. The van der Waals surface area contributed by atoms with Gasteiger partial charge in [-0.2, -0.15) is 0 Å². The Bertz CT molecular complexity index is 899. The average Bonchev–Trinajstić information content (AvgIpc) is 2.65. The van der Waals surface area contributed by atoms with E-state index in [4.69, 9.17) is 4.74 Å². The van der Waals surface area contributed by atoms with Gasteiger partial charge in [0.2, 0.25) is 15.9 Å². The van der Waals surface area contributed by atoms with Crippen LogP contribution >= 0.6 is 0 Å². The van der Waals surface area contributed by atoms with E-state index in [0.717, 1.165) is 16.1 Å². The predicted molar refractivity (Wildman–Crippen MR) is 107 cm³/mol. The van der Waals surface area contributed by atoms with Crippen LogP contribution in [0.4, 0.5) is 10.1 Å². The summed E-state index contributed by atoms with van der Waals surface area (Å²) in [5.74, 6) is -0.211. The first kappa shape index (κ1) is 21.7. The van der Waals surface area contributed by atoms with Crippen LogP contribution in [0.25, 0.3) is 0 Å². The fourth-order valence-electron chi connectivity index (χ4n) is 2.93. The Hall–Kier alpha value is -2.61. The van der Waals surface area contributed by atoms with Gasteiger partial charge in [0.1, 0.15) is 17.6 Å². The third-order valence-corrected chi connectivity index (χ3v) is 5.57. The number of hydrogen-bond acceptors (Lipinski definition) is 4. The van der Waals surface area contributed by atoms with Crippen molar-refractivity contribution in [2.24, 2.45) is 0 Å². The van der Waals surface area contributed by atoms with Crippen LogP contribution in [0.2, 0.25) is 0 Å². The molecule has 2 rings (SSSR count). The number of sulfonamides is 1. The molecule has 0 bridgehead atoms. The van der Waals surface area contributed by atoms with Gasteiger partial charge in [-0.3, -0.25) is 9.10 Å². The molecule has 28 heavy (non-hydrogen) atoms. The number of amides is 1. The monoisotopic (exact) mass is 408 g/mol. The second kappa shape index (κ2) is 9.05. The van der Waals surface area contributed by atoms with Crippen molar-refractivity contribution in [1.29, 1.82) is 0 Å². The van der Waals surface area contributed by atoms with Crippen molar-refractivity contribution in [3.8, 4) is 5.75 Å². The fraction of sp³-hybridized carbons (Fsp3) is 0.350. The number of carbonyl (C=O) groups excluding carboxylic acids is 1. The van der Waals surface area contributed by atoms with E-state index < -0.39 is 28.0 Å². The Morgan fingerprint density at radius 2 is 1.71 bits per heavy atom. The van der Waals surface area contributed by atoms with E-state index in [-0.39, 0.29) is 12.2 Å². The van der Waals surface area contributed by atoms with Gasteiger partial charge in [0.25, 0.3) is 0 Å². The summed E-state index contributed by atoms with van der Waals surface area (Å²) in [5, 5.41) is 2.82. The molecule has 0 fully saturated rings. The van der Waals surface area contributed by atoms with Crippen molar-refractivity contribution >= 4 is 21.6 Å². The number of nitrogens with zero attached hydrogens (tertiary/aromatic N) is 1. The van der Waals surface area contributed by atoms with Gasteiger partial charge in [-0.1, -0.05) is 19.1 Å². The Balaban J connectivity index is 2.29. The third-order valence-electron chi connectivity index (χ3n) is 4.39. The highest BCUT2D eigenvalue weighted by Gasteiger charge is 2.32. The van der Waals surface area contributed by atoms with Crippen LogP contribution in [0, 0.1) is 5.82 Å². The third kappa shape index (κ3) is 5.22. The van der Waals surface area contributed by atoms with Crippen LogP contribution in [0.5, 0.6) is 5.75 Å². The van der Waals surface area contributed by atoms with Gasteiger partial charge < -0.3 is 10.1 Å². The van der Waals surface area contributed by atoms with Crippen molar-refractivity contribution in [2.45, 2.75) is 32.4 Å². The maximum Gasteiger partial charge on any atom is 0.244 e. The maximum atomic E-state index is 13.1. The van der Waals surface area contributed by atoms with Gasteiger partial charge in [-0.25, -0.2) is 12.8 Å². The van der Waals surface area contributed by atoms with Crippen molar-refractivity contribution in [3.05, 3.63) is 59.9 Å². The minimum atomic E-state index is -3.72. The topological polar surface area (TPSA) is 75.7 Å². The zero-order valence-corrected chi connectivity index (χ0v) is 17.2. The Morgan fingerprint density at radius 3 is 2.18 bits per heavy atom. The summed E-state index contributed by atoms with van der Waals surface area (Å²) in [6, 6.07) is 10.9. The summed E-state index contributed by atoms with van der Waals surface area (Å²) in [6.45, 7) is 3.50. The molecule has 2 atom stereocenters. The standard InChI is InChI=1S/C20H25FN2O4S/c1-5-19(20(24)22-14(2)15-6-8-16(21)9-7-15)23(28(4,25)26)17-10-12-18(27-3)13-11-17/h6-14,19H,5H2,1-4H3,(H,22,24)/t14-,19+/m0/s1. The smallest absolute Gasteiger partial charge is 0.244 e. The molecule has 152 valence electrons. The van der Waals surface area contributed by atoms with Crippen LogP contribution in [-0.4, -0.2) is 33.7 Å². The van der Waals surface area contributed by atoms with Gasteiger partial charge in [-0.15, -0.1) is 0 Å². The molecule has 8 heteroatoms. The van der Waals surface area contributed by atoms with Crippen molar-refractivity contribution in [3.63, 3.8) is 0 Å². The van der Waals surface area contributed by atoms with E-state index in [9.17, 15) is 17.6 Å². The summed E-state index contributed by atoms with van der Waals surface area (Å²) in [5.41, 5.74) is 1.10. The van der Waals surface area contributed by atoms with E-state index >= 15 is 0 Å². The highest BCUT2D eigenvalue weighted by Crippen LogP contribution is 2.25. The minimum absolute atomic E-state index is 0.279. The number of hydrogen-bond donors (Lipinski definition) is 1. The minimum Gasteiger partial charge on any atom is -0.497 e. The molecule has 0 aliphatic rings. The SMILES string of the molecule is CC[C@H](C(=O)N[C@@H](C)c1ccc(F)cc1)N(c1ccc(OC)cc1)S(C)(=O)=O. The number of nitrogens with one attached hydrogen (secondary N) is 1. The van der Waals surface area contributed by atoms with Crippen LogP contribution < -0.4 is 14.4 Å². The molecule has 6 nitrogen and oxygen atoms in total. The summed E-state index contributed by atoms with van der Waals surface area (Å²) >= 11 is 0. The first-order chi connectivity index (χ1) is 13.2. The Kier molecular flexibility index (Phi) is 7.01.